The predicted octanol–water partition coefficient (Wildman–Crippen LogP) is 4.99. The molecule has 1 rings (SSSR count). The highest BCUT2D eigenvalue weighted by atomic mass is 79.9. The molecule has 0 aliphatic heterocycles. The van der Waals surface area contributed by atoms with Crippen molar-refractivity contribution in [1.82, 2.24) is 5.32 Å². The van der Waals surface area contributed by atoms with Crippen LogP contribution in [0.5, 0.6) is 0 Å². The molecule has 3 heteroatoms. The third kappa shape index (κ3) is 4.56. The largest absolute Gasteiger partial charge is 0.309 e. The lowest BCUT2D eigenvalue weighted by Gasteiger charge is -2.17. The van der Waals surface area contributed by atoms with Crippen LogP contribution in [0, 0.1) is 5.92 Å². The molecular formula is C13H22BrNS. The molecule has 0 aliphatic rings. The minimum Gasteiger partial charge on any atom is -0.309 e. The Labute approximate surface area is 112 Å². The molecule has 0 spiro atoms. The lowest BCUT2D eigenvalue weighted by molar-refractivity contribution is 0.459. The number of hydrogen-bond acceptors (Lipinski definition) is 2. The lowest BCUT2D eigenvalue weighted by atomic mass is 10.0. The Kier molecular flexibility index (Phi) is 6.62. The third-order valence-corrected chi connectivity index (χ3v) is 4.67. The fourth-order valence-corrected chi connectivity index (χ4v) is 3.62. The van der Waals surface area contributed by atoms with Gasteiger partial charge in [0.25, 0.3) is 0 Å². The van der Waals surface area contributed by atoms with Gasteiger partial charge < -0.3 is 5.32 Å². The van der Waals surface area contributed by atoms with Crippen LogP contribution in [0.3, 0.4) is 0 Å². The maximum Gasteiger partial charge on any atom is 0.0426 e. The Morgan fingerprint density at radius 2 is 2.12 bits per heavy atom. The molecule has 0 radical (unpaired) electrons. The Hall–Kier alpha value is 0.140. The summed E-state index contributed by atoms with van der Waals surface area (Å²) >= 11 is 5.48. The Balaban J connectivity index is 2.51. The molecule has 0 bridgehead atoms. The van der Waals surface area contributed by atoms with Crippen molar-refractivity contribution >= 4 is 27.3 Å². The van der Waals surface area contributed by atoms with E-state index in [1.807, 2.05) is 11.3 Å². The molecule has 1 atom stereocenters. The van der Waals surface area contributed by atoms with Crippen molar-refractivity contribution in [2.75, 3.05) is 6.54 Å². The number of thiophene rings is 1. The van der Waals surface area contributed by atoms with Crippen molar-refractivity contribution < 1.29 is 0 Å². The van der Waals surface area contributed by atoms with Crippen molar-refractivity contribution in [1.29, 1.82) is 0 Å². The van der Waals surface area contributed by atoms with Crippen LogP contribution in [0.1, 0.15) is 51.0 Å². The van der Waals surface area contributed by atoms with Crippen molar-refractivity contribution in [3.8, 4) is 0 Å². The van der Waals surface area contributed by atoms with Gasteiger partial charge in [-0.1, -0.05) is 33.6 Å². The normalized spacial score (nSPS) is 13.3. The molecule has 16 heavy (non-hydrogen) atoms. The van der Waals surface area contributed by atoms with E-state index >= 15 is 0 Å². The summed E-state index contributed by atoms with van der Waals surface area (Å²) in [5.74, 6) is 0.814. The minimum absolute atomic E-state index is 0.526. The van der Waals surface area contributed by atoms with Crippen LogP contribution in [0.2, 0.25) is 0 Å². The van der Waals surface area contributed by atoms with Gasteiger partial charge in [0.1, 0.15) is 0 Å². The maximum absolute atomic E-state index is 3.63. The van der Waals surface area contributed by atoms with E-state index in [-0.39, 0.29) is 0 Å². The first-order valence-electron chi connectivity index (χ1n) is 6.11. The fourth-order valence-electron chi connectivity index (χ4n) is 1.86. The Morgan fingerprint density at radius 3 is 2.62 bits per heavy atom. The average Bonchev–Trinajstić information content (AvgIpc) is 2.63. The van der Waals surface area contributed by atoms with Crippen LogP contribution >= 0.6 is 27.3 Å². The lowest BCUT2D eigenvalue weighted by Crippen LogP contribution is -2.20. The van der Waals surface area contributed by atoms with E-state index in [0.717, 1.165) is 12.5 Å². The van der Waals surface area contributed by atoms with Gasteiger partial charge >= 0.3 is 0 Å². The first-order chi connectivity index (χ1) is 7.65. The van der Waals surface area contributed by atoms with Crippen LogP contribution in [0.25, 0.3) is 0 Å². The molecule has 1 aromatic rings. The Morgan fingerprint density at radius 1 is 1.38 bits per heavy atom. The van der Waals surface area contributed by atoms with Crippen LogP contribution < -0.4 is 5.32 Å². The summed E-state index contributed by atoms with van der Waals surface area (Å²) in [6, 6.07) is 2.67. The van der Waals surface area contributed by atoms with Crippen molar-refractivity contribution in [2.24, 2.45) is 5.92 Å². The molecule has 0 saturated heterocycles. The summed E-state index contributed by atoms with van der Waals surface area (Å²) in [5.41, 5.74) is 0. The number of nitrogens with one attached hydrogen (secondary N) is 1. The second kappa shape index (κ2) is 7.46. The molecule has 92 valence electrons. The molecule has 0 aromatic carbocycles. The quantitative estimate of drug-likeness (QED) is 0.748. The second-order valence-corrected chi connectivity index (χ2v) is 6.37. The average molecular weight is 304 g/mol. The molecule has 1 N–H and O–H groups in total. The zero-order valence-electron chi connectivity index (χ0n) is 10.4. The topological polar surface area (TPSA) is 12.0 Å². The van der Waals surface area contributed by atoms with Gasteiger partial charge in [-0.2, -0.15) is 0 Å². The minimum atomic E-state index is 0.526. The van der Waals surface area contributed by atoms with E-state index in [4.69, 9.17) is 0 Å². The molecule has 0 saturated carbocycles. The van der Waals surface area contributed by atoms with Gasteiger partial charge in [0.15, 0.2) is 0 Å². The molecule has 1 heterocycles. The zero-order chi connectivity index (χ0) is 12.0. The molecule has 0 fully saturated rings. The number of rotatable bonds is 7. The molecule has 1 nitrogen and oxygen atoms in total. The van der Waals surface area contributed by atoms with Crippen molar-refractivity contribution in [2.45, 2.75) is 46.1 Å². The zero-order valence-corrected chi connectivity index (χ0v) is 12.8. The second-order valence-electron chi connectivity index (χ2n) is 4.57. The summed E-state index contributed by atoms with van der Waals surface area (Å²) in [7, 11) is 0. The third-order valence-electron chi connectivity index (χ3n) is 2.69. The fraction of sp³-hybridized carbons (Fsp3) is 0.692. The van der Waals surface area contributed by atoms with Gasteiger partial charge in [-0.05, 0) is 46.3 Å². The van der Waals surface area contributed by atoms with E-state index in [9.17, 15) is 0 Å². The van der Waals surface area contributed by atoms with E-state index in [1.165, 1.54) is 28.6 Å². The van der Waals surface area contributed by atoms with Gasteiger partial charge in [0.2, 0.25) is 0 Å². The van der Waals surface area contributed by atoms with Crippen LogP contribution in [-0.4, -0.2) is 6.54 Å². The summed E-state index contributed by atoms with van der Waals surface area (Å²) in [6.07, 6.45) is 3.87. The van der Waals surface area contributed by atoms with Gasteiger partial charge in [0.05, 0.1) is 0 Å². The van der Waals surface area contributed by atoms with Crippen LogP contribution in [0.15, 0.2) is 15.9 Å². The summed E-state index contributed by atoms with van der Waals surface area (Å²) in [4.78, 5) is 1.45. The first-order valence-corrected chi connectivity index (χ1v) is 7.78. The van der Waals surface area contributed by atoms with E-state index < -0.39 is 0 Å². The van der Waals surface area contributed by atoms with Crippen LogP contribution in [0.4, 0.5) is 0 Å². The maximum atomic E-state index is 3.63. The highest BCUT2D eigenvalue weighted by molar-refractivity contribution is 9.10. The molecule has 1 aromatic heterocycles. The van der Waals surface area contributed by atoms with Crippen LogP contribution in [-0.2, 0) is 0 Å². The van der Waals surface area contributed by atoms with E-state index in [2.05, 4.69) is 53.5 Å². The summed E-state index contributed by atoms with van der Waals surface area (Å²) in [6.45, 7) is 7.81. The van der Waals surface area contributed by atoms with Gasteiger partial charge in [0, 0.05) is 15.4 Å². The smallest absolute Gasteiger partial charge is 0.0426 e. The summed E-state index contributed by atoms with van der Waals surface area (Å²) < 4.78 is 1.26. The van der Waals surface area contributed by atoms with Crippen molar-refractivity contribution in [3.05, 3.63) is 20.8 Å². The summed E-state index contributed by atoms with van der Waals surface area (Å²) in [5, 5.41) is 5.74. The number of halogens is 1. The monoisotopic (exact) mass is 303 g/mol. The molecule has 0 amide bonds. The SMILES string of the molecule is CCNC(CCCC(C)C)c1sccc1Br. The molecule has 1 unspecified atom stereocenters. The highest BCUT2D eigenvalue weighted by Gasteiger charge is 2.14. The van der Waals surface area contributed by atoms with E-state index in [0.29, 0.717) is 6.04 Å². The number of hydrogen-bond donors (Lipinski definition) is 1. The van der Waals surface area contributed by atoms with Gasteiger partial charge in [-0.3, -0.25) is 0 Å². The van der Waals surface area contributed by atoms with Crippen molar-refractivity contribution in [3.63, 3.8) is 0 Å². The predicted molar refractivity (Wildman–Crippen MR) is 77.1 cm³/mol. The first kappa shape index (κ1) is 14.2. The Bertz CT molecular complexity index is 296. The van der Waals surface area contributed by atoms with Gasteiger partial charge in [-0.15, -0.1) is 11.3 Å². The molecular weight excluding hydrogens is 282 g/mol. The van der Waals surface area contributed by atoms with E-state index in [1.54, 1.807) is 0 Å². The highest BCUT2D eigenvalue weighted by Crippen LogP contribution is 2.32. The standard InChI is InChI=1S/C13H22BrNS/c1-4-15-12(7-5-6-10(2)3)13-11(14)8-9-16-13/h8-10,12,15H,4-7H2,1-3H3. The molecule has 0 aliphatic carbocycles. The van der Waals surface area contributed by atoms with Gasteiger partial charge in [-0.25, -0.2) is 0 Å².